The fourth-order valence-electron chi connectivity index (χ4n) is 1.76. The van der Waals surface area contributed by atoms with Crippen molar-refractivity contribution in [2.75, 3.05) is 12.4 Å². The largest absolute Gasteiger partial charge is 0.378 e. The number of aromatic nitrogens is 3. The van der Waals surface area contributed by atoms with Gasteiger partial charge in [0.15, 0.2) is 5.82 Å². The van der Waals surface area contributed by atoms with Gasteiger partial charge in [0, 0.05) is 19.7 Å². The summed E-state index contributed by atoms with van der Waals surface area (Å²) >= 11 is 0. The van der Waals surface area contributed by atoms with Crippen molar-refractivity contribution in [2.45, 2.75) is 20.5 Å². The molecule has 0 aliphatic rings. The van der Waals surface area contributed by atoms with Crippen molar-refractivity contribution in [3.05, 3.63) is 17.5 Å². The summed E-state index contributed by atoms with van der Waals surface area (Å²) in [7, 11) is 1.61. The van der Waals surface area contributed by atoms with E-state index in [0.29, 0.717) is 12.4 Å². The van der Waals surface area contributed by atoms with Crippen LogP contribution in [-0.4, -0.2) is 28.2 Å². The molecule has 0 spiro atoms. The van der Waals surface area contributed by atoms with Gasteiger partial charge < -0.3 is 10.1 Å². The maximum Gasteiger partial charge on any atom is 0.222 e. The molecule has 0 radical (unpaired) electrons. The number of nitrogens with zero attached hydrogens (tertiary/aromatic N) is 2. The van der Waals surface area contributed by atoms with Gasteiger partial charge in [-0.05, 0) is 13.0 Å². The number of H-pyrrole nitrogens is 1. The molecule has 2 rings (SSSR count). The Labute approximate surface area is 98.4 Å². The summed E-state index contributed by atoms with van der Waals surface area (Å²) < 4.78 is 5.10. The standard InChI is InChI=1S/C11H14N4O2/c1-6-4-8-10(9(12-6)5-17-3)11(15-14-8)13-7(2)16/h4H,5H2,1-3H3,(H2,13,14,15,16). The number of anilines is 1. The van der Waals surface area contributed by atoms with Crippen molar-refractivity contribution >= 4 is 22.6 Å². The first-order valence-electron chi connectivity index (χ1n) is 5.23. The van der Waals surface area contributed by atoms with E-state index in [4.69, 9.17) is 4.74 Å². The minimum Gasteiger partial charge on any atom is -0.378 e. The molecule has 6 nitrogen and oxygen atoms in total. The van der Waals surface area contributed by atoms with Gasteiger partial charge in [-0.15, -0.1) is 0 Å². The summed E-state index contributed by atoms with van der Waals surface area (Å²) in [6.45, 7) is 3.72. The maximum atomic E-state index is 11.1. The number of ether oxygens (including phenoxy) is 1. The number of carbonyl (C=O) groups is 1. The zero-order chi connectivity index (χ0) is 12.4. The van der Waals surface area contributed by atoms with Gasteiger partial charge in [-0.3, -0.25) is 14.9 Å². The van der Waals surface area contributed by atoms with Crippen LogP contribution in [0.5, 0.6) is 0 Å². The van der Waals surface area contributed by atoms with Crippen molar-refractivity contribution in [1.29, 1.82) is 0 Å². The number of hydrogen-bond donors (Lipinski definition) is 2. The number of carbonyl (C=O) groups excluding carboxylic acids is 1. The molecular weight excluding hydrogens is 220 g/mol. The molecule has 17 heavy (non-hydrogen) atoms. The first-order chi connectivity index (χ1) is 8.11. The number of pyridine rings is 1. The van der Waals surface area contributed by atoms with Crippen LogP contribution in [0.25, 0.3) is 10.9 Å². The van der Waals surface area contributed by atoms with Gasteiger partial charge >= 0.3 is 0 Å². The zero-order valence-electron chi connectivity index (χ0n) is 10.00. The van der Waals surface area contributed by atoms with Crippen LogP contribution in [0.3, 0.4) is 0 Å². The van der Waals surface area contributed by atoms with E-state index in [1.54, 1.807) is 7.11 Å². The second-order valence-corrected chi connectivity index (χ2v) is 3.82. The minimum absolute atomic E-state index is 0.164. The van der Waals surface area contributed by atoms with Crippen LogP contribution in [0.15, 0.2) is 6.07 Å². The van der Waals surface area contributed by atoms with E-state index < -0.39 is 0 Å². The summed E-state index contributed by atoms with van der Waals surface area (Å²) in [5.41, 5.74) is 2.48. The summed E-state index contributed by atoms with van der Waals surface area (Å²) in [6.07, 6.45) is 0. The highest BCUT2D eigenvalue weighted by molar-refractivity contribution is 5.99. The minimum atomic E-state index is -0.164. The van der Waals surface area contributed by atoms with E-state index >= 15 is 0 Å². The number of nitrogens with one attached hydrogen (secondary N) is 2. The molecular formula is C11H14N4O2. The first-order valence-corrected chi connectivity index (χ1v) is 5.23. The smallest absolute Gasteiger partial charge is 0.222 e. The number of rotatable bonds is 3. The normalized spacial score (nSPS) is 10.8. The van der Waals surface area contributed by atoms with Gasteiger partial charge in [-0.1, -0.05) is 0 Å². The van der Waals surface area contributed by atoms with Crippen molar-refractivity contribution in [3.8, 4) is 0 Å². The Morgan fingerprint density at radius 3 is 3.00 bits per heavy atom. The lowest BCUT2D eigenvalue weighted by Gasteiger charge is -2.04. The Bertz CT molecular complexity index is 562. The van der Waals surface area contributed by atoms with E-state index in [2.05, 4.69) is 20.5 Å². The zero-order valence-corrected chi connectivity index (χ0v) is 10.00. The van der Waals surface area contributed by atoms with E-state index in [1.165, 1.54) is 6.92 Å². The summed E-state index contributed by atoms with van der Waals surface area (Å²) in [4.78, 5) is 15.5. The molecule has 2 heterocycles. The SMILES string of the molecule is COCc1nc(C)cc2[nH]nc(NC(C)=O)c12. The fraction of sp³-hybridized carbons (Fsp3) is 0.364. The monoisotopic (exact) mass is 234 g/mol. The lowest BCUT2D eigenvalue weighted by atomic mass is 10.2. The van der Waals surface area contributed by atoms with E-state index in [1.807, 2.05) is 13.0 Å². The molecule has 2 aromatic heterocycles. The molecule has 0 atom stereocenters. The molecule has 1 amide bonds. The lowest BCUT2D eigenvalue weighted by molar-refractivity contribution is -0.114. The van der Waals surface area contributed by atoms with Crippen LogP contribution in [0.2, 0.25) is 0 Å². The second-order valence-electron chi connectivity index (χ2n) is 3.82. The third-order valence-electron chi connectivity index (χ3n) is 2.32. The van der Waals surface area contributed by atoms with Crippen LogP contribution in [0.4, 0.5) is 5.82 Å². The topological polar surface area (TPSA) is 79.9 Å². The van der Waals surface area contributed by atoms with Crippen LogP contribution in [-0.2, 0) is 16.1 Å². The number of amides is 1. The fourth-order valence-corrected chi connectivity index (χ4v) is 1.76. The molecule has 6 heteroatoms. The van der Waals surface area contributed by atoms with E-state index in [0.717, 1.165) is 22.3 Å². The van der Waals surface area contributed by atoms with Crippen LogP contribution in [0, 0.1) is 6.92 Å². The summed E-state index contributed by atoms with van der Waals surface area (Å²) in [5.74, 6) is 0.328. The lowest BCUT2D eigenvalue weighted by Crippen LogP contribution is -2.07. The third kappa shape index (κ3) is 2.26. The average molecular weight is 234 g/mol. The van der Waals surface area contributed by atoms with Gasteiger partial charge in [-0.25, -0.2) is 0 Å². The number of aromatic amines is 1. The third-order valence-corrected chi connectivity index (χ3v) is 2.32. The predicted octanol–water partition coefficient (Wildman–Crippen LogP) is 1.37. The predicted molar refractivity (Wildman–Crippen MR) is 63.6 cm³/mol. The molecule has 0 aliphatic carbocycles. The van der Waals surface area contributed by atoms with Crippen molar-refractivity contribution in [2.24, 2.45) is 0 Å². The molecule has 0 unspecified atom stereocenters. The highest BCUT2D eigenvalue weighted by atomic mass is 16.5. The maximum absolute atomic E-state index is 11.1. The Kier molecular flexibility index (Phi) is 3.06. The Morgan fingerprint density at radius 2 is 2.35 bits per heavy atom. The molecule has 0 saturated heterocycles. The highest BCUT2D eigenvalue weighted by Crippen LogP contribution is 2.24. The van der Waals surface area contributed by atoms with Crippen LogP contribution in [0.1, 0.15) is 18.3 Å². The van der Waals surface area contributed by atoms with E-state index in [9.17, 15) is 4.79 Å². The number of aryl methyl sites for hydroxylation is 1. The van der Waals surface area contributed by atoms with Crippen molar-refractivity contribution in [3.63, 3.8) is 0 Å². The molecule has 0 bridgehead atoms. The van der Waals surface area contributed by atoms with Crippen molar-refractivity contribution < 1.29 is 9.53 Å². The Morgan fingerprint density at radius 1 is 1.59 bits per heavy atom. The summed E-state index contributed by atoms with van der Waals surface area (Å²) in [5, 5.41) is 10.4. The molecule has 90 valence electrons. The van der Waals surface area contributed by atoms with Crippen LogP contribution >= 0.6 is 0 Å². The van der Waals surface area contributed by atoms with Crippen molar-refractivity contribution in [1.82, 2.24) is 15.2 Å². The molecule has 2 aromatic rings. The first kappa shape index (κ1) is 11.5. The van der Waals surface area contributed by atoms with Gasteiger partial charge in [0.25, 0.3) is 0 Å². The molecule has 0 fully saturated rings. The number of methoxy groups -OCH3 is 1. The quantitative estimate of drug-likeness (QED) is 0.840. The molecule has 0 aromatic carbocycles. The highest BCUT2D eigenvalue weighted by Gasteiger charge is 2.13. The van der Waals surface area contributed by atoms with E-state index in [-0.39, 0.29) is 5.91 Å². The van der Waals surface area contributed by atoms with Crippen LogP contribution < -0.4 is 5.32 Å². The van der Waals surface area contributed by atoms with Gasteiger partial charge in [-0.2, -0.15) is 5.10 Å². The second kappa shape index (κ2) is 4.50. The number of hydrogen-bond acceptors (Lipinski definition) is 4. The van der Waals surface area contributed by atoms with Gasteiger partial charge in [0.05, 0.1) is 23.2 Å². The molecule has 0 saturated carbocycles. The molecule has 0 aliphatic heterocycles. The number of fused-ring (bicyclic) bond motifs is 1. The summed E-state index contributed by atoms with van der Waals surface area (Å²) in [6, 6.07) is 1.88. The Balaban J connectivity index is 2.59. The average Bonchev–Trinajstić information content (AvgIpc) is 2.60. The molecule has 2 N–H and O–H groups in total. The van der Waals surface area contributed by atoms with Gasteiger partial charge in [0.1, 0.15) is 0 Å². The van der Waals surface area contributed by atoms with Gasteiger partial charge in [0.2, 0.25) is 5.91 Å². The Hall–Kier alpha value is -1.95.